The number of anilines is 1. The van der Waals surface area contributed by atoms with Crippen molar-refractivity contribution in [2.24, 2.45) is 0 Å². The molecule has 4 rings (SSSR count). The molecule has 2 aromatic rings. The molecule has 0 saturated carbocycles. The quantitative estimate of drug-likeness (QED) is 0.779. The van der Waals surface area contributed by atoms with Crippen molar-refractivity contribution in [3.05, 3.63) is 12.7 Å². The third-order valence-electron chi connectivity index (χ3n) is 4.07. The van der Waals surface area contributed by atoms with E-state index in [0.717, 1.165) is 0 Å². The Bertz CT molecular complexity index is 736. The number of rotatable bonds is 2. The molecule has 3 unspecified atom stereocenters. The van der Waals surface area contributed by atoms with E-state index in [1.807, 2.05) is 18.4 Å². The number of hydrogen-bond acceptors (Lipinski definition) is 8. The minimum Gasteiger partial charge on any atom is -0.382 e. The van der Waals surface area contributed by atoms with Gasteiger partial charge in [0.1, 0.15) is 17.9 Å². The molecule has 0 bridgehead atoms. The van der Waals surface area contributed by atoms with Crippen LogP contribution in [0.1, 0.15) is 13.8 Å². The molecular formula is C13H17N5O3S. The average Bonchev–Trinajstić information content (AvgIpc) is 3.08. The lowest BCUT2D eigenvalue weighted by molar-refractivity contribution is -0.203. The fourth-order valence-electron chi connectivity index (χ4n) is 3.23. The molecule has 2 fully saturated rings. The lowest BCUT2D eigenvalue weighted by Crippen LogP contribution is -2.44. The Labute approximate surface area is 132 Å². The van der Waals surface area contributed by atoms with Gasteiger partial charge in [-0.2, -0.15) is 12.6 Å². The van der Waals surface area contributed by atoms with Crippen molar-refractivity contribution in [3.8, 4) is 0 Å². The molecule has 118 valence electrons. The number of fused-ring (bicyclic) bond motifs is 2. The van der Waals surface area contributed by atoms with Gasteiger partial charge in [-0.3, -0.25) is 4.57 Å². The van der Waals surface area contributed by atoms with E-state index in [4.69, 9.17) is 19.9 Å². The number of imidazole rings is 1. The molecule has 9 heteroatoms. The van der Waals surface area contributed by atoms with Crippen molar-refractivity contribution in [1.29, 1.82) is 0 Å². The summed E-state index contributed by atoms with van der Waals surface area (Å²) in [7, 11) is 0. The maximum atomic E-state index is 6.23. The second kappa shape index (κ2) is 4.54. The molecule has 2 N–H and O–H groups in total. The fraction of sp³-hybridized carbons (Fsp3) is 0.615. The normalized spacial score (nSPS) is 33.4. The Morgan fingerprint density at radius 2 is 2.23 bits per heavy atom. The number of nitrogens with zero attached hydrogens (tertiary/aromatic N) is 4. The first-order valence-corrected chi connectivity index (χ1v) is 7.64. The van der Waals surface area contributed by atoms with Gasteiger partial charge in [0.15, 0.2) is 17.3 Å². The zero-order valence-electron chi connectivity index (χ0n) is 12.3. The molecule has 2 aromatic heterocycles. The van der Waals surface area contributed by atoms with Gasteiger partial charge in [0.25, 0.3) is 0 Å². The van der Waals surface area contributed by atoms with Gasteiger partial charge in [0.05, 0.1) is 19.0 Å². The molecule has 0 spiro atoms. The molecule has 0 amide bonds. The van der Waals surface area contributed by atoms with Gasteiger partial charge < -0.3 is 19.9 Å². The Balaban J connectivity index is 1.90. The van der Waals surface area contributed by atoms with Crippen molar-refractivity contribution >= 4 is 29.6 Å². The molecule has 3 atom stereocenters. The summed E-state index contributed by atoms with van der Waals surface area (Å²) in [5.41, 5.74) is 6.18. The number of nitrogen functional groups attached to an aromatic ring is 1. The number of ether oxygens (including phenoxy) is 3. The molecule has 0 aromatic carbocycles. The van der Waals surface area contributed by atoms with E-state index in [2.05, 4.69) is 27.6 Å². The zero-order valence-corrected chi connectivity index (χ0v) is 13.2. The van der Waals surface area contributed by atoms with Gasteiger partial charge in [-0.25, -0.2) is 15.0 Å². The van der Waals surface area contributed by atoms with Crippen LogP contribution in [-0.4, -0.2) is 49.9 Å². The molecule has 0 aliphatic carbocycles. The largest absolute Gasteiger partial charge is 0.382 e. The van der Waals surface area contributed by atoms with E-state index in [0.29, 0.717) is 29.3 Å². The zero-order chi connectivity index (χ0) is 15.5. The van der Waals surface area contributed by atoms with Crippen LogP contribution in [0, 0.1) is 0 Å². The summed E-state index contributed by atoms with van der Waals surface area (Å²) >= 11 is 4.35. The summed E-state index contributed by atoms with van der Waals surface area (Å²) in [6, 6.07) is 0. The van der Waals surface area contributed by atoms with Crippen molar-refractivity contribution in [2.45, 2.75) is 37.6 Å². The number of nitrogens with two attached hydrogens (primary N) is 1. The lowest BCUT2D eigenvalue weighted by Gasteiger charge is -2.28. The van der Waals surface area contributed by atoms with Crippen LogP contribution in [-0.2, 0) is 19.9 Å². The average molecular weight is 323 g/mol. The maximum Gasteiger partial charge on any atom is 0.203 e. The Kier molecular flexibility index (Phi) is 2.93. The van der Waals surface area contributed by atoms with Crippen molar-refractivity contribution < 1.29 is 14.2 Å². The van der Waals surface area contributed by atoms with Crippen LogP contribution in [0.3, 0.4) is 0 Å². The third-order valence-corrected chi connectivity index (χ3v) is 4.43. The summed E-state index contributed by atoms with van der Waals surface area (Å²) in [6.07, 6.45) is 2.60. The summed E-state index contributed by atoms with van der Waals surface area (Å²) in [4.78, 5) is 12.6. The van der Waals surface area contributed by atoms with Crippen LogP contribution in [0.25, 0.3) is 11.2 Å². The Morgan fingerprint density at radius 3 is 3.00 bits per heavy atom. The SMILES string of the molecule is CC1(C)OC2C(CS)OCC2(n2cnc3c(N)ncnc32)O1. The summed E-state index contributed by atoms with van der Waals surface area (Å²) in [5.74, 6) is 0.139. The first-order valence-electron chi connectivity index (χ1n) is 7.01. The van der Waals surface area contributed by atoms with Gasteiger partial charge in [-0.05, 0) is 13.8 Å². The van der Waals surface area contributed by atoms with E-state index in [1.165, 1.54) is 6.33 Å². The van der Waals surface area contributed by atoms with Gasteiger partial charge in [0.2, 0.25) is 5.72 Å². The molecule has 0 radical (unpaired) electrons. The highest BCUT2D eigenvalue weighted by atomic mass is 32.1. The summed E-state index contributed by atoms with van der Waals surface area (Å²) in [5, 5.41) is 0. The van der Waals surface area contributed by atoms with Gasteiger partial charge in [-0.15, -0.1) is 0 Å². The minimum absolute atomic E-state index is 0.165. The predicted octanol–water partition coefficient (Wildman–Crippen LogP) is 0.541. The van der Waals surface area contributed by atoms with E-state index < -0.39 is 11.5 Å². The van der Waals surface area contributed by atoms with Gasteiger partial charge in [-0.1, -0.05) is 0 Å². The van der Waals surface area contributed by atoms with Gasteiger partial charge >= 0.3 is 0 Å². The smallest absolute Gasteiger partial charge is 0.203 e. The highest BCUT2D eigenvalue weighted by Crippen LogP contribution is 2.47. The Hall–Kier alpha value is -1.42. The van der Waals surface area contributed by atoms with Crippen LogP contribution in [0.4, 0.5) is 5.82 Å². The topological polar surface area (TPSA) is 97.3 Å². The molecule has 2 saturated heterocycles. The molecular weight excluding hydrogens is 306 g/mol. The third kappa shape index (κ3) is 1.79. The number of hydrogen-bond donors (Lipinski definition) is 2. The predicted molar refractivity (Wildman–Crippen MR) is 81.3 cm³/mol. The van der Waals surface area contributed by atoms with Crippen molar-refractivity contribution in [3.63, 3.8) is 0 Å². The number of thiol groups is 1. The molecule has 2 aliphatic rings. The maximum absolute atomic E-state index is 6.23. The van der Waals surface area contributed by atoms with Crippen LogP contribution < -0.4 is 5.73 Å². The summed E-state index contributed by atoms with van der Waals surface area (Å²) in [6.45, 7) is 4.10. The highest BCUT2D eigenvalue weighted by Gasteiger charge is 2.62. The molecule has 4 heterocycles. The van der Waals surface area contributed by atoms with Crippen LogP contribution >= 0.6 is 12.6 Å². The molecule has 22 heavy (non-hydrogen) atoms. The monoisotopic (exact) mass is 323 g/mol. The first kappa shape index (κ1) is 14.2. The molecule has 2 aliphatic heterocycles. The number of aromatic nitrogens is 4. The highest BCUT2D eigenvalue weighted by molar-refractivity contribution is 7.80. The van der Waals surface area contributed by atoms with E-state index >= 15 is 0 Å². The summed E-state index contributed by atoms with van der Waals surface area (Å²) < 4.78 is 19.9. The van der Waals surface area contributed by atoms with Gasteiger partial charge in [0, 0.05) is 5.75 Å². The standard InChI is InChI=1S/C13H17N5O3S/c1-12(2)20-9-7(3-22)19-4-13(9,21-12)18-6-17-8-10(14)15-5-16-11(8)18/h5-7,9,22H,3-4H2,1-2H3,(H2,14,15,16). The van der Waals surface area contributed by atoms with E-state index in [9.17, 15) is 0 Å². The van der Waals surface area contributed by atoms with Crippen LogP contribution in [0.5, 0.6) is 0 Å². The second-order valence-electron chi connectivity index (χ2n) is 5.96. The lowest BCUT2D eigenvalue weighted by atomic mass is 10.1. The second-order valence-corrected chi connectivity index (χ2v) is 6.33. The van der Waals surface area contributed by atoms with Crippen molar-refractivity contribution in [2.75, 3.05) is 18.1 Å². The van der Waals surface area contributed by atoms with Crippen LogP contribution in [0.2, 0.25) is 0 Å². The Morgan fingerprint density at radius 1 is 1.41 bits per heavy atom. The van der Waals surface area contributed by atoms with E-state index in [1.54, 1.807) is 6.33 Å². The molecule has 8 nitrogen and oxygen atoms in total. The van der Waals surface area contributed by atoms with E-state index in [-0.39, 0.29) is 12.2 Å². The van der Waals surface area contributed by atoms with Crippen LogP contribution in [0.15, 0.2) is 12.7 Å². The first-order chi connectivity index (χ1) is 10.5. The fourth-order valence-corrected chi connectivity index (χ4v) is 3.53. The minimum atomic E-state index is -0.827. The van der Waals surface area contributed by atoms with Crippen molar-refractivity contribution in [1.82, 2.24) is 19.5 Å².